The van der Waals surface area contributed by atoms with E-state index in [0.29, 0.717) is 12.3 Å². The first kappa shape index (κ1) is 14.4. The van der Waals surface area contributed by atoms with E-state index >= 15 is 0 Å². The van der Waals surface area contributed by atoms with Crippen LogP contribution in [0.25, 0.3) is 0 Å². The van der Waals surface area contributed by atoms with Crippen molar-refractivity contribution in [2.75, 3.05) is 14.2 Å². The molecule has 0 unspecified atom stereocenters. The predicted molar refractivity (Wildman–Crippen MR) is 77.9 cm³/mol. The zero-order chi connectivity index (χ0) is 14.5. The van der Waals surface area contributed by atoms with Gasteiger partial charge in [0.1, 0.15) is 5.82 Å². The van der Waals surface area contributed by atoms with Crippen molar-refractivity contribution >= 4 is 0 Å². The molecule has 5 nitrogen and oxygen atoms in total. The molecule has 0 atom stereocenters. The third-order valence-electron chi connectivity index (χ3n) is 3.19. The Morgan fingerprint density at radius 3 is 2.35 bits per heavy atom. The molecular formula is C15H20N4O. The first-order chi connectivity index (χ1) is 9.63. The third-order valence-corrected chi connectivity index (χ3v) is 3.19. The zero-order valence-corrected chi connectivity index (χ0v) is 12.4. The monoisotopic (exact) mass is 272 g/mol. The quantitative estimate of drug-likeness (QED) is 0.899. The largest absolute Gasteiger partial charge is 0.481 e. The number of pyridine rings is 1. The number of hydrogen-bond acceptors (Lipinski definition) is 5. The highest BCUT2D eigenvalue weighted by Gasteiger charge is 2.08. The number of rotatable bonds is 5. The smallest absolute Gasteiger partial charge is 0.212 e. The van der Waals surface area contributed by atoms with Gasteiger partial charge in [-0.3, -0.25) is 0 Å². The van der Waals surface area contributed by atoms with Crippen LogP contribution in [-0.4, -0.2) is 29.1 Å². The number of methoxy groups -OCH3 is 1. The highest BCUT2D eigenvalue weighted by atomic mass is 16.5. The molecule has 2 rings (SSSR count). The van der Waals surface area contributed by atoms with Crippen LogP contribution in [0.4, 0.5) is 0 Å². The molecule has 0 aliphatic rings. The molecule has 0 amide bonds. The maximum absolute atomic E-state index is 5.05. The highest BCUT2D eigenvalue weighted by molar-refractivity contribution is 5.26. The molecule has 0 aromatic carbocycles. The summed E-state index contributed by atoms with van der Waals surface area (Å²) >= 11 is 0. The molecule has 2 heterocycles. The van der Waals surface area contributed by atoms with Gasteiger partial charge in [-0.25, -0.2) is 15.0 Å². The second-order valence-electron chi connectivity index (χ2n) is 4.71. The summed E-state index contributed by atoms with van der Waals surface area (Å²) in [5.41, 5.74) is 4.31. The van der Waals surface area contributed by atoms with Crippen LogP contribution in [0.5, 0.6) is 5.88 Å². The lowest BCUT2D eigenvalue weighted by Gasteiger charge is -2.10. The average Bonchev–Trinajstić information content (AvgIpc) is 2.44. The van der Waals surface area contributed by atoms with Gasteiger partial charge in [0.2, 0.25) is 5.88 Å². The van der Waals surface area contributed by atoms with Crippen molar-refractivity contribution in [2.24, 2.45) is 0 Å². The maximum Gasteiger partial charge on any atom is 0.212 e. The first-order valence-electron chi connectivity index (χ1n) is 6.60. The van der Waals surface area contributed by atoms with Crippen molar-refractivity contribution in [3.63, 3.8) is 0 Å². The second-order valence-corrected chi connectivity index (χ2v) is 4.71. The van der Waals surface area contributed by atoms with Gasteiger partial charge < -0.3 is 10.1 Å². The lowest BCUT2D eigenvalue weighted by molar-refractivity contribution is 0.397. The Hall–Kier alpha value is -2.01. The Labute approximate surface area is 119 Å². The van der Waals surface area contributed by atoms with Crippen molar-refractivity contribution in [2.45, 2.75) is 26.8 Å². The Kier molecular flexibility index (Phi) is 4.63. The third kappa shape index (κ3) is 3.30. The van der Waals surface area contributed by atoms with Gasteiger partial charge in [-0.1, -0.05) is 6.07 Å². The molecule has 0 aliphatic heterocycles. The van der Waals surface area contributed by atoms with Gasteiger partial charge in [0, 0.05) is 42.2 Å². The fourth-order valence-corrected chi connectivity index (χ4v) is 2.14. The summed E-state index contributed by atoms with van der Waals surface area (Å²) < 4.78 is 5.05. The summed E-state index contributed by atoms with van der Waals surface area (Å²) in [6.45, 7) is 4.84. The Balaban J connectivity index is 2.20. The van der Waals surface area contributed by atoms with E-state index in [1.165, 1.54) is 5.56 Å². The summed E-state index contributed by atoms with van der Waals surface area (Å²) in [7, 11) is 3.54. The summed E-state index contributed by atoms with van der Waals surface area (Å²) in [6, 6.07) is 3.84. The minimum atomic E-state index is 0.617. The number of aromatic nitrogens is 3. The number of nitrogens with one attached hydrogen (secondary N) is 1. The van der Waals surface area contributed by atoms with Crippen LogP contribution >= 0.6 is 0 Å². The number of ether oxygens (including phenoxy) is 1. The van der Waals surface area contributed by atoms with Crippen LogP contribution < -0.4 is 10.1 Å². The number of aryl methyl sites for hydroxylation is 2. The average molecular weight is 272 g/mol. The van der Waals surface area contributed by atoms with E-state index in [9.17, 15) is 0 Å². The van der Waals surface area contributed by atoms with Crippen molar-refractivity contribution in [1.82, 2.24) is 20.3 Å². The molecule has 0 spiro atoms. The fraction of sp³-hybridized carbons (Fsp3) is 0.400. The van der Waals surface area contributed by atoms with Gasteiger partial charge in [-0.05, 0) is 26.5 Å². The summed E-state index contributed by atoms with van der Waals surface area (Å²) in [6.07, 6.45) is 2.48. The molecule has 0 saturated heterocycles. The van der Waals surface area contributed by atoms with E-state index in [-0.39, 0.29) is 0 Å². The van der Waals surface area contributed by atoms with Crippen molar-refractivity contribution in [3.05, 3.63) is 46.7 Å². The molecule has 20 heavy (non-hydrogen) atoms. The summed E-state index contributed by atoms with van der Waals surface area (Å²) in [5.74, 6) is 1.44. The van der Waals surface area contributed by atoms with Crippen LogP contribution in [-0.2, 0) is 13.0 Å². The highest BCUT2D eigenvalue weighted by Crippen LogP contribution is 2.13. The molecule has 0 bridgehead atoms. The first-order valence-corrected chi connectivity index (χ1v) is 6.60. The molecule has 2 aromatic heterocycles. The number of hydrogen-bond donors (Lipinski definition) is 1. The topological polar surface area (TPSA) is 59.9 Å². The van der Waals surface area contributed by atoms with E-state index in [1.807, 2.05) is 33.0 Å². The van der Waals surface area contributed by atoms with Gasteiger partial charge in [0.25, 0.3) is 0 Å². The molecule has 1 N–H and O–H groups in total. The summed E-state index contributed by atoms with van der Waals surface area (Å²) in [4.78, 5) is 13.4. The second kappa shape index (κ2) is 6.43. The fourth-order valence-electron chi connectivity index (χ4n) is 2.14. The molecular weight excluding hydrogens is 252 g/mol. The lowest BCUT2D eigenvalue weighted by atomic mass is 10.1. The van der Waals surface area contributed by atoms with Crippen molar-refractivity contribution in [3.8, 4) is 5.88 Å². The molecule has 5 heteroatoms. The van der Waals surface area contributed by atoms with Crippen molar-refractivity contribution < 1.29 is 4.74 Å². The molecule has 106 valence electrons. The van der Waals surface area contributed by atoms with Gasteiger partial charge in [-0.2, -0.15) is 0 Å². The van der Waals surface area contributed by atoms with Crippen LogP contribution in [0.3, 0.4) is 0 Å². The number of nitrogens with zero attached hydrogens (tertiary/aromatic N) is 3. The van der Waals surface area contributed by atoms with Crippen LogP contribution in [0.1, 0.15) is 28.3 Å². The zero-order valence-electron chi connectivity index (χ0n) is 12.4. The van der Waals surface area contributed by atoms with Gasteiger partial charge in [0.05, 0.1) is 7.11 Å². The van der Waals surface area contributed by atoms with Gasteiger partial charge >= 0.3 is 0 Å². The minimum absolute atomic E-state index is 0.617. The van der Waals surface area contributed by atoms with Gasteiger partial charge in [-0.15, -0.1) is 0 Å². The van der Waals surface area contributed by atoms with E-state index < -0.39 is 0 Å². The molecule has 0 aliphatic carbocycles. The lowest BCUT2D eigenvalue weighted by Crippen LogP contribution is -2.12. The molecule has 0 radical (unpaired) electrons. The van der Waals surface area contributed by atoms with Crippen LogP contribution in [0.15, 0.2) is 18.3 Å². The van der Waals surface area contributed by atoms with E-state index in [4.69, 9.17) is 4.74 Å². The summed E-state index contributed by atoms with van der Waals surface area (Å²) in [5, 5.41) is 3.14. The Morgan fingerprint density at radius 2 is 1.85 bits per heavy atom. The normalized spacial score (nSPS) is 10.6. The predicted octanol–water partition coefficient (Wildman–Crippen LogP) is 1.81. The van der Waals surface area contributed by atoms with E-state index in [1.54, 1.807) is 13.3 Å². The minimum Gasteiger partial charge on any atom is -0.481 e. The van der Waals surface area contributed by atoms with Gasteiger partial charge in [0.15, 0.2) is 0 Å². The van der Waals surface area contributed by atoms with Crippen LogP contribution in [0, 0.1) is 13.8 Å². The van der Waals surface area contributed by atoms with Crippen LogP contribution in [0.2, 0.25) is 0 Å². The SMILES string of the molecule is CNCc1c(C)nc(Cc2ccc(OC)nc2)nc1C. The van der Waals surface area contributed by atoms with E-state index in [0.717, 1.165) is 29.3 Å². The Morgan fingerprint density at radius 1 is 1.15 bits per heavy atom. The maximum atomic E-state index is 5.05. The van der Waals surface area contributed by atoms with Crippen molar-refractivity contribution in [1.29, 1.82) is 0 Å². The standard InChI is InChI=1S/C15H20N4O/c1-10-13(9-16-3)11(2)19-14(18-10)7-12-5-6-15(20-4)17-8-12/h5-6,8,16H,7,9H2,1-4H3. The Bertz CT molecular complexity index is 558. The van der Waals surface area contributed by atoms with E-state index in [2.05, 4.69) is 20.3 Å². The molecule has 2 aromatic rings. The molecule has 0 fully saturated rings. The molecule has 0 saturated carbocycles.